The van der Waals surface area contributed by atoms with Crippen molar-refractivity contribution in [2.45, 2.75) is 19.3 Å². The average molecular weight is 375 g/mol. The van der Waals surface area contributed by atoms with Crippen molar-refractivity contribution in [2.24, 2.45) is 0 Å². The Morgan fingerprint density at radius 3 is 2.21 bits per heavy atom. The van der Waals surface area contributed by atoms with Crippen molar-refractivity contribution >= 4 is 17.6 Å². The Bertz CT molecular complexity index is 936. The van der Waals surface area contributed by atoms with Crippen molar-refractivity contribution in [3.8, 4) is 22.6 Å². The molecule has 0 saturated carbocycles. The molecule has 28 heavy (non-hydrogen) atoms. The summed E-state index contributed by atoms with van der Waals surface area (Å²) in [7, 11) is 0. The second-order valence-electron chi connectivity index (χ2n) is 6.28. The van der Waals surface area contributed by atoms with Gasteiger partial charge in [-0.2, -0.15) is 0 Å². The molecular formula is C23H21NO4. The number of rotatable bonds is 8. The van der Waals surface area contributed by atoms with Gasteiger partial charge in [-0.05, 0) is 42.3 Å². The van der Waals surface area contributed by atoms with Crippen LogP contribution < -0.4 is 10.1 Å². The minimum atomic E-state index is -0.898. The monoisotopic (exact) mass is 375 g/mol. The summed E-state index contributed by atoms with van der Waals surface area (Å²) in [6.07, 6.45) is 0.481. The third kappa shape index (κ3) is 5.45. The van der Waals surface area contributed by atoms with Crippen molar-refractivity contribution in [3.05, 3.63) is 78.9 Å². The van der Waals surface area contributed by atoms with E-state index in [4.69, 9.17) is 9.84 Å². The molecule has 0 heterocycles. The maximum atomic E-state index is 11.8. The van der Waals surface area contributed by atoms with E-state index in [1.165, 1.54) is 0 Å². The first kappa shape index (κ1) is 19.2. The predicted octanol–water partition coefficient (Wildman–Crippen LogP) is 5.34. The number of para-hydroxylation sites is 1. The molecule has 0 radical (unpaired) electrons. The Balaban J connectivity index is 1.64. The topological polar surface area (TPSA) is 75.6 Å². The lowest BCUT2D eigenvalue weighted by Gasteiger charge is -2.12. The smallest absolute Gasteiger partial charge is 0.303 e. The molecule has 142 valence electrons. The zero-order valence-corrected chi connectivity index (χ0v) is 15.3. The first-order valence-corrected chi connectivity index (χ1v) is 9.06. The molecule has 3 aromatic rings. The van der Waals surface area contributed by atoms with Crippen LogP contribution >= 0.6 is 0 Å². The van der Waals surface area contributed by atoms with Crippen molar-refractivity contribution in [1.29, 1.82) is 0 Å². The molecule has 0 bridgehead atoms. The van der Waals surface area contributed by atoms with E-state index in [2.05, 4.69) is 5.32 Å². The van der Waals surface area contributed by atoms with Crippen LogP contribution in [0.3, 0.4) is 0 Å². The minimum absolute atomic E-state index is 0.0129. The number of amides is 1. The zero-order chi connectivity index (χ0) is 19.8. The largest absolute Gasteiger partial charge is 0.481 e. The highest BCUT2D eigenvalue weighted by atomic mass is 16.5. The minimum Gasteiger partial charge on any atom is -0.481 e. The summed E-state index contributed by atoms with van der Waals surface area (Å²) in [6, 6.07) is 24.9. The first-order valence-electron chi connectivity index (χ1n) is 9.06. The van der Waals surface area contributed by atoms with Gasteiger partial charge in [-0.25, -0.2) is 0 Å². The molecule has 5 heteroatoms. The zero-order valence-electron chi connectivity index (χ0n) is 15.3. The third-order valence-corrected chi connectivity index (χ3v) is 4.13. The normalized spacial score (nSPS) is 10.3. The van der Waals surface area contributed by atoms with Crippen LogP contribution in [0, 0.1) is 0 Å². The van der Waals surface area contributed by atoms with E-state index in [-0.39, 0.29) is 18.7 Å². The Kier molecular flexibility index (Phi) is 6.41. The van der Waals surface area contributed by atoms with Gasteiger partial charge in [0.1, 0.15) is 11.5 Å². The second kappa shape index (κ2) is 9.37. The average Bonchev–Trinajstić information content (AvgIpc) is 2.70. The van der Waals surface area contributed by atoms with Gasteiger partial charge < -0.3 is 15.2 Å². The van der Waals surface area contributed by atoms with Crippen LogP contribution in [0.1, 0.15) is 19.3 Å². The molecule has 0 aliphatic heterocycles. The molecule has 1 amide bonds. The molecule has 0 fully saturated rings. The van der Waals surface area contributed by atoms with E-state index in [1.807, 2.05) is 54.6 Å². The van der Waals surface area contributed by atoms with Crippen molar-refractivity contribution in [2.75, 3.05) is 5.32 Å². The number of carbonyl (C=O) groups excluding carboxylic acids is 1. The molecule has 2 N–H and O–H groups in total. The van der Waals surface area contributed by atoms with E-state index >= 15 is 0 Å². The van der Waals surface area contributed by atoms with E-state index < -0.39 is 5.97 Å². The number of benzene rings is 3. The fourth-order valence-corrected chi connectivity index (χ4v) is 2.77. The van der Waals surface area contributed by atoms with E-state index in [0.29, 0.717) is 17.9 Å². The lowest BCUT2D eigenvalue weighted by atomic mass is 10.1. The second-order valence-corrected chi connectivity index (χ2v) is 6.28. The summed E-state index contributed by atoms with van der Waals surface area (Å²) in [5.74, 6) is 0.306. The number of aliphatic carboxylic acids is 1. The van der Waals surface area contributed by atoms with Crippen LogP contribution in [0.4, 0.5) is 5.69 Å². The van der Waals surface area contributed by atoms with Gasteiger partial charge in [0.2, 0.25) is 5.91 Å². The molecule has 0 unspecified atom stereocenters. The van der Waals surface area contributed by atoms with Crippen molar-refractivity contribution in [1.82, 2.24) is 0 Å². The highest BCUT2D eigenvalue weighted by Gasteiger charge is 2.08. The Labute approximate surface area is 163 Å². The Morgan fingerprint density at radius 2 is 1.50 bits per heavy atom. The molecule has 0 atom stereocenters. The van der Waals surface area contributed by atoms with Gasteiger partial charge in [0, 0.05) is 24.1 Å². The van der Waals surface area contributed by atoms with Crippen LogP contribution in [0.2, 0.25) is 0 Å². The SMILES string of the molecule is O=C(O)CCCC(=O)Nc1ccc(Oc2ccccc2-c2ccccc2)cc1. The van der Waals surface area contributed by atoms with Gasteiger partial charge in [-0.3, -0.25) is 9.59 Å². The molecule has 0 saturated heterocycles. The number of anilines is 1. The highest BCUT2D eigenvalue weighted by molar-refractivity contribution is 5.90. The van der Waals surface area contributed by atoms with Crippen LogP contribution in [0.25, 0.3) is 11.1 Å². The maximum Gasteiger partial charge on any atom is 0.303 e. The quantitative estimate of drug-likeness (QED) is 0.557. The lowest BCUT2D eigenvalue weighted by molar-refractivity contribution is -0.137. The van der Waals surface area contributed by atoms with Gasteiger partial charge in [-0.15, -0.1) is 0 Å². The number of hydrogen-bond acceptors (Lipinski definition) is 3. The van der Waals surface area contributed by atoms with Crippen molar-refractivity contribution < 1.29 is 19.4 Å². The molecule has 3 rings (SSSR count). The molecule has 5 nitrogen and oxygen atoms in total. The standard InChI is InChI=1S/C23H21NO4/c25-22(11-6-12-23(26)27)24-18-13-15-19(16-14-18)28-21-10-5-4-9-20(21)17-7-2-1-3-8-17/h1-5,7-10,13-16H,6,11-12H2,(H,24,25)(H,26,27). The molecule has 0 aliphatic carbocycles. The number of carboxylic acids is 1. The molecule has 3 aromatic carbocycles. The fourth-order valence-electron chi connectivity index (χ4n) is 2.77. The number of hydrogen-bond donors (Lipinski definition) is 2. The molecule has 0 spiro atoms. The van der Waals surface area contributed by atoms with Crippen LogP contribution in [-0.4, -0.2) is 17.0 Å². The first-order chi connectivity index (χ1) is 13.6. The molecule has 0 aliphatic rings. The summed E-state index contributed by atoms with van der Waals surface area (Å²) in [4.78, 5) is 22.3. The summed E-state index contributed by atoms with van der Waals surface area (Å²) < 4.78 is 6.04. The third-order valence-electron chi connectivity index (χ3n) is 4.13. The molecule has 0 aromatic heterocycles. The van der Waals surface area contributed by atoms with E-state index in [0.717, 1.165) is 16.9 Å². The van der Waals surface area contributed by atoms with E-state index in [9.17, 15) is 9.59 Å². The van der Waals surface area contributed by atoms with Gasteiger partial charge >= 0.3 is 5.97 Å². The Hall–Kier alpha value is -3.60. The number of nitrogens with one attached hydrogen (secondary N) is 1. The highest BCUT2D eigenvalue weighted by Crippen LogP contribution is 2.33. The summed E-state index contributed by atoms with van der Waals surface area (Å²) >= 11 is 0. The predicted molar refractivity (Wildman–Crippen MR) is 109 cm³/mol. The lowest BCUT2D eigenvalue weighted by Crippen LogP contribution is -2.11. The fraction of sp³-hybridized carbons (Fsp3) is 0.130. The summed E-state index contributed by atoms with van der Waals surface area (Å²) in [5.41, 5.74) is 2.71. The molecular weight excluding hydrogens is 354 g/mol. The van der Waals surface area contributed by atoms with Crippen LogP contribution in [0.15, 0.2) is 78.9 Å². The number of carboxylic acid groups (broad SMARTS) is 1. The maximum absolute atomic E-state index is 11.8. The van der Waals surface area contributed by atoms with Crippen LogP contribution in [-0.2, 0) is 9.59 Å². The van der Waals surface area contributed by atoms with Crippen molar-refractivity contribution in [3.63, 3.8) is 0 Å². The number of carbonyl (C=O) groups is 2. The van der Waals surface area contributed by atoms with Gasteiger partial charge in [0.25, 0.3) is 0 Å². The van der Waals surface area contributed by atoms with Gasteiger partial charge in [-0.1, -0.05) is 48.5 Å². The summed E-state index contributed by atoms with van der Waals surface area (Å²) in [6.45, 7) is 0. The van der Waals surface area contributed by atoms with Gasteiger partial charge in [0.05, 0.1) is 0 Å². The van der Waals surface area contributed by atoms with E-state index in [1.54, 1.807) is 24.3 Å². The Morgan fingerprint density at radius 1 is 0.821 bits per heavy atom. The summed E-state index contributed by atoms with van der Waals surface area (Å²) in [5, 5.41) is 11.4. The van der Waals surface area contributed by atoms with Crippen LogP contribution in [0.5, 0.6) is 11.5 Å². The van der Waals surface area contributed by atoms with Gasteiger partial charge in [0.15, 0.2) is 0 Å². The number of ether oxygens (including phenoxy) is 1.